The molecule has 1 N–H and O–H groups in total. The van der Waals surface area contributed by atoms with Gasteiger partial charge in [-0.1, -0.05) is 19.9 Å². The summed E-state index contributed by atoms with van der Waals surface area (Å²) in [6.45, 7) is 9.06. The lowest BCUT2D eigenvalue weighted by Crippen LogP contribution is -2.11. The van der Waals surface area contributed by atoms with Crippen molar-refractivity contribution >= 4 is 11.8 Å². The smallest absolute Gasteiger partial charge is 0.341 e. The number of allylic oxidation sites excluding steroid dienone is 1. The number of carbonyl (C=O) groups is 2. The summed E-state index contributed by atoms with van der Waals surface area (Å²) in [6.07, 6.45) is 1.55. The monoisotopic (exact) mass is 276 g/mol. The molecule has 4 nitrogen and oxygen atoms in total. The molecule has 0 aliphatic rings. The van der Waals surface area contributed by atoms with E-state index in [0.29, 0.717) is 23.3 Å². The van der Waals surface area contributed by atoms with Crippen LogP contribution >= 0.6 is 0 Å². The van der Waals surface area contributed by atoms with Crippen LogP contribution < -0.4 is 4.74 Å². The lowest BCUT2D eigenvalue weighted by atomic mass is 9.94. The molecule has 20 heavy (non-hydrogen) atoms. The summed E-state index contributed by atoms with van der Waals surface area (Å²) in [7, 11) is 0. The van der Waals surface area contributed by atoms with Crippen LogP contribution in [0.1, 0.15) is 41.3 Å². The van der Waals surface area contributed by atoms with E-state index in [4.69, 9.17) is 9.84 Å². The van der Waals surface area contributed by atoms with E-state index in [1.54, 1.807) is 12.1 Å². The van der Waals surface area contributed by atoms with Gasteiger partial charge in [0, 0.05) is 5.56 Å². The average Bonchev–Trinajstić information content (AvgIpc) is 2.40. The van der Waals surface area contributed by atoms with Crippen LogP contribution in [0, 0.1) is 13.8 Å². The van der Waals surface area contributed by atoms with Crippen molar-refractivity contribution in [1.82, 2.24) is 0 Å². The maximum absolute atomic E-state index is 12.3. The van der Waals surface area contributed by atoms with Gasteiger partial charge in [-0.05, 0) is 49.1 Å². The van der Waals surface area contributed by atoms with Gasteiger partial charge in [0.2, 0.25) is 0 Å². The quantitative estimate of drug-likeness (QED) is 0.613. The lowest BCUT2D eigenvalue weighted by molar-refractivity contribution is -0.139. The molecule has 0 fully saturated rings. The summed E-state index contributed by atoms with van der Waals surface area (Å²) in [5, 5.41) is 8.62. The fraction of sp³-hybridized carbons (Fsp3) is 0.375. The Morgan fingerprint density at radius 2 is 1.90 bits per heavy atom. The maximum Gasteiger partial charge on any atom is 0.341 e. The molecule has 0 atom stereocenters. The average molecular weight is 276 g/mol. The van der Waals surface area contributed by atoms with Crippen LogP contribution in [0.15, 0.2) is 24.3 Å². The Kier molecular flexibility index (Phi) is 5.50. The molecule has 0 saturated carbocycles. The predicted molar refractivity (Wildman–Crippen MR) is 77.4 cm³/mol. The van der Waals surface area contributed by atoms with Crippen molar-refractivity contribution in [2.75, 3.05) is 6.61 Å². The second-order valence-corrected chi connectivity index (χ2v) is 4.73. The molecule has 1 aromatic rings. The summed E-state index contributed by atoms with van der Waals surface area (Å²) in [5.41, 5.74) is 2.77. The lowest BCUT2D eigenvalue weighted by Gasteiger charge is -2.13. The Balaban J connectivity index is 3.02. The van der Waals surface area contributed by atoms with Gasteiger partial charge in [0.25, 0.3) is 0 Å². The molecule has 0 saturated heterocycles. The molecule has 0 bridgehead atoms. The van der Waals surface area contributed by atoms with E-state index in [1.165, 1.54) is 0 Å². The molecule has 0 heterocycles. The zero-order valence-corrected chi connectivity index (χ0v) is 12.2. The van der Waals surface area contributed by atoms with Gasteiger partial charge in [0.05, 0.1) is 0 Å². The number of rotatable bonds is 7. The summed E-state index contributed by atoms with van der Waals surface area (Å²) in [4.78, 5) is 22.8. The van der Waals surface area contributed by atoms with Gasteiger partial charge in [-0.25, -0.2) is 4.79 Å². The normalized spacial score (nSPS) is 10.2. The second-order valence-electron chi connectivity index (χ2n) is 4.73. The standard InChI is InChI=1S/C16H20O4/c1-5-6-10(2)16(19)13-7-8-14(12(4)11(13)3)20-9-15(17)18/h7-8H,2,5-6,9H2,1,3-4H3,(H,17,18). The molecule has 1 rings (SSSR count). The molecule has 0 aliphatic carbocycles. The predicted octanol–water partition coefficient (Wildman–Crippen LogP) is 3.31. The van der Waals surface area contributed by atoms with Gasteiger partial charge in [0.15, 0.2) is 12.4 Å². The molecule has 0 amide bonds. The van der Waals surface area contributed by atoms with Crippen molar-refractivity contribution in [1.29, 1.82) is 0 Å². The van der Waals surface area contributed by atoms with Gasteiger partial charge < -0.3 is 9.84 Å². The number of carboxylic acid groups (broad SMARTS) is 1. The minimum absolute atomic E-state index is 0.0581. The summed E-state index contributed by atoms with van der Waals surface area (Å²) in [6, 6.07) is 3.31. The Hall–Kier alpha value is -2.10. The Bertz CT molecular complexity index is 544. The Morgan fingerprint density at radius 1 is 1.25 bits per heavy atom. The number of hydrogen-bond donors (Lipinski definition) is 1. The molecule has 0 unspecified atom stereocenters. The Morgan fingerprint density at radius 3 is 2.45 bits per heavy atom. The number of hydrogen-bond acceptors (Lipinski definition) is 3. The van der Waals surface area contributed by atoms with Crippen LogP contribution in [-0.2, 0) is 4.79 Å². The molecule has 4 heteroatoms. The van der Waals surface area contributed by atoms with Gasteiger partial charge in [-0.15, -0.1) is 0 Å². The fourth-order valence-corrected chi connectivity index (χ4v) is 1.94. The van der Waals surface area contributed by atoms with Crippen molar-refractivity contribution in [2.45, 2.75) is 33.6 Å². The zero-order chi connectivity index (χ0) is 15.3. The van der Waals surface area contributed by atoms with E-state index in [2.05, 4.69) is 6.58 Å². The van der Waals surface area contributed by atoms with Crippen molar-refractivity contribution in [3.05, 3.63) is 41.0 Å². The Labute approximate surface area is 119 Å². The van der Waals surface area contributed by atoms with Crippen molar-refractivity contribution < 1.29 is 19.4 Å². The van der Waals surface area contributed by atoms with E-state index in [1.807, 2.05) is 20.8 Å². The van der Waals surface area contributed by atoms with Crippen LogP contribution in [0.2, 0.25) is 0 Å². The number of Topliss-reactive ketones (excluding diaryl/α,β-unsaturated/α-hetero) is 1. The molecular formula is C16H20O4. The molecule has 0 aromatic heterocycles. The van der Waals surface area contributed by atoms with Gasteiger partial charge in [-0.3, -0.25) is 4.79 Å². The number of ketones is 1. The molecule has 0 radical (unpaired) electrons. The fourth-order valence-electron chi connectivity index (χ4n) is 1.94. The van der Waals surface area contributed by atoms with Gasteiger partial charge in [-0.2, -0.15) is 0 Å². The van der Waals surface area contributed by atoms with E-state index in [9.17, 15) is 9.59 Å². The molecule has 1 aromatic carbocycles. The highest BCUT2D eigenvalue weighted by molar-refractivity contribution is 6.09. The van der Waals surface area contributed by atoms with Crippen LogP contribution in [0.25, 0.3) is 0 Å². The van der Waals surface area contributed by atoms with Crippen LogP contribution in [0.5, 0.6) is 5.75 Å². The van der Waals surface area contributed by atoms with Crippen molar-refractivity contribution in [3.63, 3.8) is 0 Å². The number of benzene rings is 1. The first-order valence-corrected chi connectivity index (χ1v) is 6.55. The van der Waals surface area contributed by atoms with Gasteiger partial charge in [0.1, 0.15) is 5.75 Å². The maximum atomic E-state index is 12.3. The zero-order valence-electron chi connectivity index (χ0n) is 12.2. The molecule has 108 valence electrons. The van der Waals surface area contributed by atoms with E-state index >= 15 is 0 Å². The van der Waals surface area contributed by atoms with E-state index in [0.717, 1.165) is 17.5 Å². The highest BCUT2D eigenvalue weighted by atomic mass is 16.5. The van der Waals surface area contributed by atoms with Crippen molar-refractivity contribution in [2.24, 2.45) is 0 Å². The second kappa shape index (κ2) is 6.89. The number of carbonyl (C=O) groups excluding carboxylic acids is 1. The third-order valence-corrected chi connectivity index (χ3v) is 3.21. The summed E-state index contributed by atoms with van der Waals surface area (Å²) >= 11 is 0. The molecule has 0 aliphatic heterocycles. The third kappa shape index (κ3) is 3.70. The minimum atomic E-state index is -1.03. The minimum Gasteiger partial charge on any atom is -0.482 e. The van der Waals surface area contributed by atoms with Crippen LogP contribution in [0.4, 0.5) is 0 Å². The third-order valence-electron chi connectivity index (χ3n) is 3.21. The van der Waals surface area contributed by atoms with Crippen molar-refractivity contribution in [3.8, 4) is 5.75 Å². The highest BCUT2D eigenvalue weighted by Gasteiger charge is 2.16. The molecule has 0 spiro atoms. The van der Waals surface area contributed by atoms with Crippen LogP contribution in [0.3, 0.4) is 0 Å². The first-order chi connectivity index (χ1) is 9.38. The summed E-state index contributed by atoms with van der Waals surface area (Å²) in [5.74, 6) is -0.599. The highest BCUT2D eigenvalue weighted by Crippen LogP contribution is 2.26. The first kappa shape index (κ1) is 16.0. The molecular weight excluding hydrogens is 256 g/mol. The van der Waals surface area contributed by atoms with E-state index < -0.39 is 12.6 Å². The first-order valence-electron chi connectivity index (χ1n) is 6.55. The summed E-state index contributed by atoms with van der Waals surface area (Å²) < 4.78 is 5.19. The topological polar surface area (TPSA) is 63.6 Å². The SMILES string of the molecule is C=C(CCC)C(=O)c1ccc(OCC(=O)O)c(C)c1C. The number of aliphatic carboxylic acids is 1. The van der Waals surface area contributed by atoms with Crippen LogP contribution in [-0.4, -0.2) is 23.5 Å². The van der Waals surface area contributed by atoms with E-state index in [-0.39, 0.29) is 5.78 Å². The number of carboxylic acids is 1. The largest absolute Gasteiger partial charge is 0.482 e. The number of ether oxygens (including phenoxy) is 1. The van der Waals surface area contributed by atoms with Gasteiger partial charge >= 0.3 is 5.97 Å².